The molecule has 0 radical (unpaired) electrons. The van der Waals surface area contributed by atoms with E-state index in [2.05, 4.69) is 15.2 Å². The molecule has 0 saturated carbocycles. The summed E-state index contributed by atoms with van der Waals surface area (Å²) in [5.41, 5.74) is 12.6. The molecule has 100 valence electrons. The fraction of sp³-hybridized carbons (Fsp3) is 0.0769. The molecule has 0 aliphatic heterocycles. The molecule has 20 heavy (non-hydrogen) atoms. The summed E-state index contributed by atoms with van der Waals surface area (Å²) in [6, 6.07) is 11.0. The first-order valence-corrected chi connectivity index (χ1v) is 5.67. The molecule has 0 bridgehead atoms. The lowest BCUT2D eigenvalue weighted by molar-refractivity contribution is 0.397. The van der Waals surface area contributed by atoms with Crippen LogP contribution in [0.15, 0.2) is 40.6 Å². The number of nitrogens with two attached hydrogens (primary N) is 2. The number of rotatable bonds is 3. The van der Waals surface area contributed by atoms with Crippen LogP contribution >= 0.6 is 0 Å². The van der Waals surface area contributed by atoms with Crippen LogP contribution in [0.2, 0.25) is 0 Å². The van der Waals surface area contributed by atoms with Crippen LogP contribution in [0.5, 0.6) is 5.88 Å². The van der Waals surface area contributed by atoms with Gasteiger partial charge in [-0.15, -0.1) is 5.11 Å². The summed E-state index contributed by atoms with van der Waals surface area (Å²) in [7, 11) is 1.38. The van der Waals surface area contributed by atoms with E-state index in [0.29, 0.717) is 5.69 Å². The molecule has 0 spiro atoms. The lowest BCUT2D eigenvalue weighted by atomic mass is 10.2. The van der Waals surface area contributed by atoms with E-state index in [1.807, 2.05) is 24.3 Å². The second kappa shape index (κ2) is 5.67. The van der Waals surface area contributed by atoms with E-state index in [1.165, 1.54) is 7.11 Å². The molecule has 0 atom stereocenters. The van der Waals surface area contributed by atoms with E-state index >= 15 is 0 Å². The Kier molecular flexibility index (Phi) is 3.77. The van der Waals surface area contributed by atoms with Gasteiger partial charge in [0.15, 0.2) is 11.5 Å². The minimum absolute atomic E-state index is 0.0537. The molecule has 2 rings (SSSR count). The molecule has 0 amide bonds. The molecule has 7 heteroatoms. The predicted octanol–water partition coefficient (Wildman–Crippen LogP) is 2.54. The zero-order valence-corrected chi connectivity index (χ0v) is 10.7. The number of benzene rings is 1. The topological polar surface area (TPSA) is 123 Å². The van der Waals surface area contributed by atoms with Crippen molar-refractivity contribution in [2.24, 2.45) is 10.2 Å². The second-order valence-corrected chi connectivity index (χ2v) is 3.79. The number of aromatic nitrogens is 1. The molecule has 1 heterocycles. The van der Waals surface area contributed by atoms with Crippen molar-refractivity contribution < 1.29 is 4.74 Å². The van der Waals surface area contributed by atoms with Gasteiger partial charge >= 0.3 is 0 Å². The second-order valence-electron chi connectivity index (χ2n) is 3.79. The van der Waals surface area contributed by atoms with Crippen LogP contribution < -0.4 is 16.2 Å². The number of methoxy groups -OCH3 is 1. The Morgan fingerprint density at radius 3 is 2.50 bits per heavy atom. The number of pyridine rings is 1. The summed E-state index contributed by atoms with van der Waals surface area (Å²) < 4.78 is 4.95. The molecular weight excluding hydrogens is 256 g/mol. The summed E-state index contributed by atoms with van der Waals surface area (Å²) in [4.78, 5) is 3.93. The van der Waals surface area contributed by atoms with Crippen molar-refractivity contribution in [1.29, 1.82) is 5.26 Å². The number of anilines is 2. The zero-order valence-electron chi connectivity index (χ0n) is 10.7. The first kappa shape index (κ1) is 13.3. The molecule has 0 saturated heterocycles. The van der Waals surface area contributed by atoms with Crippen LogP contribution in [0.4, 0.5) is 22.9 Å². The Labute approximate surface area is 115 Å². The SMILES string of the molecule is COc1nc(N)c(N=Nc2ccccc2)c(N)c1C#N. The third kappa shape index (κ3) is 2.49. The predicted molar refractivity (Wildman–Crippen MR) is 74.9 cm³/mol. The number of nitrogen functional groups attached to an aromatic ring is 2. The molecule has 1 aromatic heterocycles. The van der Waals surface area contributed by atoms with Gasteiger partial charge < -0.3 is 16.2 Å². The summed E-state index contributed by atoms with van der Waals surface area (Å²) in [5.74, 6) is 0.124. The largest absolute Gasteiger partial charge is 0.480 e. The van der Waals surface area contributed by atoms with E-state index in [0.717, 1.165) is 0 Å². The van der Waals surface area contributed by atoms with Crippen molar-refractivity contribution in [2.75, 3.05) is 18.6 Å². The number of hydrogen-bond donors (Lipinski definition) is 2. The van der Waals surface area contributed by atoms with E-state index < -0.39 is 0 Å². The third-order valence-electron chi connectivity index (χ3n) is 2.53. The number of azo groups is 1. The van der Waals surface area contributed by atoms with Crippen molar-refractivity contribution in [3.63, 3.8) is 0 Å². The van der Waals surface area contributed by atoms with Crippen LogP contribution in [0.1, 0.15) is 5.56 Å². The first-order valence-electron chi connectivity index (χ1n) is 5.67. The molecule has 0 unspecified atom stereocenters. The molecule has 1 aromatic carbocycles. The maximum atomic E-state index is 9.07. The Morgan fingerprint density at radius 1 is 1.20 bits per heavy atom. The van der Waals surface area contributed by atoms with Gasteiger partial charge in [-0.3, -0.25) is 0 Å². The molecule has 0 aliphatic rings. The lowest BCUT2D eigenvalue weighted by Crippen LogP contribution is -2.02. The highest BCUT2D eigenvalue weighted by molar-refractivity contribution is 5.80. The van der Waals surface area contributed by atoms with Crippen molar-refractivity contribution in [3.8, 4) is 11.9 Å². The fourth-order valence-electron chi connectivity index (χ4n) is 1.55. The summed E-state index contributed by atoms with van der Waals surface area (Å²) in [6.07, 6.45) is 0. The van der Waals surface area contributed by atoms with Crippen LogP contribution in [0.25, 0.3) is 0 Å². The van der Waals surface area contributed by atoms with Gasteiger partial charge in [-0.25, -0.2) is 0 Å². The van der Waals surface area contributed by atoms with Crippen molar-refractivity contribution >= 4 is 22.9 Å². The monoisotopic (exact) mass is 268 g/mol. The van der Waals surface area contributed by atoms with Gasteiger partial charge in [0.05, 0.1) is 18.5 Å². The van der Waals surface area contributed by atoms with Crippen LogP contribution in [0.3, 0.4) is 0 Å². The Balaban J connectivity index is 2.48. The summed E-state index contributed by atoms with van der Waals surface area (Å²) in [5, 5.41) is 17.0. The van der Waals surface area contributed by atoms with Crippen LogP contribution in [-0.2, 0) is 0 Å². The normalized spacial score (nSPS) is 10.4. The number of nitriles is 1. The van der Waals surface area contributed by atoms with E-state index in [9.17, 15) is 0 Å². The zero-order chi connectivity index (χ0) is 14.5. The standard InChI is InChI=1S/C13H12N6O/c1-20-13-9(7-14)10(15)11(12(16)17-13)19-18-8-5-3-2-4-6-8/h2-6H,1H3,(H4,15,16,17). The van der Waals surface area contributed by atoms with Crippen molar-refractivity contribution in [1.82, 2.24) is 4.98 Å². The Bertz CT molecular complexity index is 690. The Morgan fingerprint density at radius 2 is 1.90 bits per heavy atom. The average molecular weight is 268 g/mol. The molecule has 0 fully saturated rings. The van der Waals surface area contributed by atoms with Gasteiger partial charge in [-0.1, -0.05) is 18.2 Å². The molecule has 2 aromatic rings. The molecule has 0 aliphatic carbocycles. The fourth-order valence-corrected chi connectivity index (χ4v) is 1.55. The quantitative estimate of drug-likeness (QED) is 0.828. The maximum Gasteiger partial charge on any atom is 0.235 e. The molecular formula is C13H12N6O. The van der Waals surface area contributed by atoms with Crippen LogP contribution in [0, 0.1) is 11.3 Å². The van der Waals surface area contributed by atoms with E-state index in [4.69, 9.17) is 21.5 Å². The highest BCUT2D eigenvalue weighted by Crippen LogP contribution is 2.36. The maximum absolute atomic E-state index is 9.07. The van der Waals surface area contributed by atoms with Gasteiger partial charge in [-0.2, -0.15) is 15.4 Å². The average Bonchev–Trinajstić information content (AvgIpc) is 2.47. The number of ether oxygens (including phenoxy) is 1. The minimum atomic E-state index is 0.0537. The summed E-state index contributed by atoms with van der Waals surface area (Å²) >= 11 is 0. The van der Waals surface area contributed by atoms with E-state index in [1.54, 1.807) is 12.1 Å². The first-order chi connectivity index (χ1) is 9.67. The highest BCUT2D eigenvalue weighted by Gasteiger charge is 2.16. The lowest BCUT2D eigenvalue weighted by Gasteiger charge is -2.08. The third-order valence-corrected chi connectivity index (χ3v) is 2.53. The van der Waals surface area contributed by atoms with E-state index in [-0.39, 0.29) is 28.6 Å². The van der Waals surface area contributed by atoms with Gasteiger partial charge in [0.1, 0.15) is 11.6 Å². The highest BCUT2D eigenvalue weighted by atomic mass is 16.5. The van der Waals surface area contributed by atoms with Crippen LogP contribution in [-0.4, -0.2) is 12.1 Å². The van der Waals surface area contributed by atoms with Gasteiger partial charge in [-0.05, 0) is 12.1 Å². The van der Waals surface area contributed by atoms with Crippen molar-refractivity contribution in [2.45, 2.75) is 0 Å². The number of nitrogens with zero attached hydrogens (tertiary/aromatic N) is 4. The van der Waals surface area contributed by atoms with Gasteiger partial charge in [0.25, 0.3) is 0 Å². The number of hydrogen-bond acceptors (Lipinski definition) is 7. The Hall–Kier alpha value is -3.14. The molecule has 4 N–H and O–H groups in total. The molecule has 7 nitrogen and oxygen atoms in total. The van der Waals surface area contributed by atoms with Crippen molar-refractivity contribution in [3.05, 3.63) is 35.9 Å². The minimum Gasteiger partial charge on any atom is -0.480 e. The summed E-state index contributed by atoms with van der Waals surface area (Å²) in [6.45, 7) is 0. The smallest absolute Gasteiger partial charge is 0.235 e. The van der Waals surface area contributed by atoms with Gasteiger partial charge in [0.2, 0.25) is 5.88 Å². The van der Waals surface area contributed by atoms with Gasteiger partial charge in [0, 0.05) is 0 Å².